The van der Waals surface area contributed by atoms with Crippen molar-refractivity contribution in [2.24, 2.45) is 11.7 Å². The lowest BCUT2D eigenvalue weighted by molar-refractivity contribution is -0.123. The molecule has 0 aliphatic heterocycles. The first-order valence-electron chi connectivity index (χ1n) is 7.25. The molecule has 1 aromatic rings. The van der Waals surface area contributed by atoms with Crippen LogP contribution in [0.1, 0.15) is 38.2 Å². The van der Waals surface area contributed by atoms with Gasteiger partial charge in [0.15, 0.2) is 0 Å². The number of nitrogens with two attached hydrogens (primary N) is 1. The van der Waals surface area contributed by atoms with E-state index in [4.69, 9.17) is 5.73 Å². The Bertz CT molecular complexity index is 404. The molecule has 0 spiro atoms. The Morgan fingerprint density at radius 2 is 2.11 bits per heavy atom. The number of amides is 1. The van der Waals surface area contributed by atoms with Gasteiger partial charge in [0, 0.05) is 6.04 Å². The summed E-state index contributed by atoms with van der Waals surface area (Å²) in [6, 6.07) is 9.81. The fourth-order valence-corrected chi connectivity index (χ4v) is 2.83. The van der Waals surface area contributed by atoms with E-state index in [9.17, 15) is 4.79 Å². The first-order chi connectivity index (χ1) is 9.15. The molecule has 0 bridgehead atoms. The number of nitrogens with one attached hydrogen (secondary N) is 1. The van der Waals surface area contributed by atoms with Gasteiger partial charge < -0.3 is 11.1 Å². The summed E-state index contributed by atoms with van der Waals surface area (Å²) in [5.74, 6) is 0.701. The predicted molar refractivity (Wildman–Crippen MR) is 77.7 cm³/mol. The van der Waals surface area contributed by atoms with Crippen LogP contribution in [0, 0.1) is 5.92 Å². The molecule has 104 valence electrons. The highest BCUT2D eigenvalue weighted by Crippen LogP contribution is 2.23. The Morgan fingerprint density at radius 1 is 1.37 bits per heavy atom. The van der Waals surface area contributed by atoms with Gasteiger partial charge in [-0.3, -0.25) is 4.79 Å². The van der Waals surface area contributed by atoms with E-state index < -0.39 is 6.04 Å². The van der Waals surface area contributed by atoms with Crippen molar-refractivity contribution in [3.05, 3.63) is 35.9 Å². The summed E-state index contributed by atoms with van der Waals surface area (Å²) >= 11 is 0. The first kappa shape index (κ1) is 14.1. The molecular formula is C16H24N2O. The first-order valence-corrected chi connectivity index (χ1v) is 7.25. The van der Waals surface area contributed by atoms with Crippen molar-refractivity contribution in [3.8, 4) is 0 Å². The average molecular weight is 260 g/mol. The second kappa shape index (κ2) is 6.71. The molecule has 0 saturated heterocycles. The minimum absolute atomic E-state index is 0.0112. The fourth-order valence-electron chi connectivity index (χ4n) is 2.83. The summed E-state index contributed by atoms with van der Waals surface area (Å²) in [7, 11) is 0. The maximum atomic E-state index is 12.1. The van der Waals surface area contributed by atoms with Crippen LogP contribution in [0.4, 0.5) is 0 Å². The summed E-state index contributed by atoms with van der Waals surface area (Å²) in [4.78, 5) is 12.1. The van der Waals surface area contributed by atoms with Crippen LogP contribution in [0.25, 0.3) is 0 Å². The smallest absolute Gasteiger partial charge is 0.237 e. The molecule has 3 unspecified atom stereocenters. The Kier molecular flexibility index (Phi) is 4.97. The Balaban J connectivity index is 1.82. The van der Waals surface area contributed by atoms with Crippen LogP contribution in [0.15, 0.2) is 30.3 Å². The third kappa shape index (κ3) is 4.35. The van der Waals surface area contributed by atoms with Crippen molar-refractivity contribution in [2.75, 3.05) is 0 Å². The lowest BCUT2D eigenvalue weighted by Crippen LogP contribution is -2.47. The number of carbonyl (C=O) groups is 1. The van der Waals surface area contributed by atoms with Crippen molar-refractivity contribution in [1.29, 1.82) is 0 Å². The second-order valence-electron chi connectivity index (χ2n) is 5.77. The zero-order valence-electron chi connectivity index (χ0n) is 11.6. The van der Waals surface area contributed by atoms with Gasteiger partial charge in [-0.15, -0.1) is 0 Å². The van der Waals surface area contributed by atoms with Crippen LogP contribution in [0.2, 0.25) is 0 Å². The van der Waals surface area contributed by atoms with Gasteiger partial charge in [-0.1, -0.05) is 50.1 Å². The third-order valence-corrected chi connectivity index (χ3v) is 3.92. The van der Waals surface area contributed by atoms with E-state index in [2.05, 4.69) is 12.2 Å². The zero-order chi connectivity index (χ0) is 13.7. The lowest BCUT2D eigenvalue weighted by Gasteiger charge is -2.28. The van der Waals surface area contributed by atoms with Crippen LogP contribution in [0.5, 0.6) is 0 Å². The van der Waals surface area contributed by atoms with Crippen LogP contribution in [-0.4, -0.2) is 18.0 Å². The molecular weight excluding hydrogens is 236 g/mol. The van der Waals surface area contributed by atoms with Crippen molar-refractivity contribution in [3.63, 3.8) is 0 Å². The summed E-state index contributed by atoms with van der Waals surface area (Å²) in [5, 5.41) is 3.11. The topological polar surface area (TPSA) is 55.1 Å². The second-order valence-corrected chi connectivity index (χ2v) is 5.77. The van der Waals surface area contributed by atoms with Crippen LogP contribution >= 0.6 is 0 Å². The van der Waals surface area contributed by atoms with Gasteiger partial charge in [0.25, 0.3) is 0 Å². The number of benzene rings is 1. The van der Waals surface area contributed by atoms with Gasteiger partial charge in [-0.05, 0) is 30.7 Å². The Labute approximate surface area is 115 Å². The van der Waals surface area contributed by atoms with E-state index in [-0.39, 0.29) is 5.91 Å². The fraction of sp³-hybridized carbons (Fsp3) is 0.562. The van der Waals surface area contributed by atoms with Crippen molar-refractivity contribution in [1.82, 2.24) is 5.32 Å². The molecule has 1 fully saturated rings. The molecule has 1 saturated carbocycles. The lowest BCUT2D eigenvalue weighted by atomic mass is 9.87. The molecule has 1 amide bonds. The molecule has 0 radical (unpaired) electrons. The summed E-state index contributed by atoms with van der Waals surface area (Å²) < 4.78 is 0. The largest absolute Gasteiger partial charge is 0.352 e. The summed E-state index contributed by atoms with van der Waals surface area (Å²) in [6.45, 7) is 2.25. The molecule has 2 rings (SSSR count). The van der Waals surface area contributed by atoms with E-state index in [0.29, 0.717) is 18.4 Å². The molecule has 3 nitrogen and oxygen atoms in total. The molecule has 1 aliphatic rings. The standard InChI is InChI=1S/C16H24N2O/c1-12-6-5-9-14(10-12)18-16(19)15(17)11-13-7-3-2-4-8-13/h2-4,7-8,12,14-15H,5-6,9-11,17H2,1H3,(H,18,19). The molecule has 19 heavy (non-hydrogen) atoms. The molecule has 3 atom stereocenters. The monoisotopic (exact) mass is 260 g/mol. The predicted octanol–water partition coefficient (Wildman–Crippen LogP) is 2.25. The van der Waals surface area contributed by atoms with E-state index in [1.54, 1.807) is 0 Å². The third-order valence-electron chi connectivity index (χ3n) is 3.92. The quantitative estimate of drug-likeness (QED) is 0.872. The van der Waals surface area contributed by atoms with E-state index >= 15 is 0 Å². The minimum atomic E-state index is -0.445. The normalized spacial score (nSPS) is 24.7. The SMILES string of the molecule is CC1CCCC(NC(=O)C(N)Cc2ccccc2)C1. The highest BCUT2D eigenvalue weighted by atomic mass is 16.2. The maximum absolute atomic E-state index is 12.1. The highest BCUT2D eigenvalue weighted by molar-refractivity contribution is 5.82. The van der Waals surface area contributed by atoms with E-state index in [1.165, 1.54) is 12.8 Å². The van der Waals surface area contributed by atoms with E-state index in [1.807, 2.05) is 30.3 Å². The van der Waals surface area contributed by atoms with Gasteiger partial charge in [0.2, 0.25) is 5.91 Å². The van der Waals surface area contributed by atoms with E-state index in [0.717, 1.165) is 18.4 Å². The zero-order valence-corrected chi connectivity index (χ0v) is 11.6. The molecule has 3 N–H and O–H groups in total. The van der Waals surface area contributed by atoms with Crippen molar-refractivity contribution < 1.29 is 4.79 Å². The van der Waals surface area contributed by atoms with Crippen LogP contribution < -0.4 is 11.1 Å². The maximum Gasteiger partial charge on any atom is 0.237 e. The van der Waals surface area contributed by atoms with Gasteiger partial charge in [-0.25, -0.2) is 0 Å². The minimum Gasteiger partial charge on any atom is -0.352 e. The van der Waals surface area contributed by atoms with Crippen LogP contribution in [0.3, 0.4) is 0 Å². The van der Waals surface area contributed by atoms with Crippen molar-refractivity contribution >= 4 is 5.91 Å². The molecule has 0 aromatic heterocycles. The Hall–Kier alpha value is -1.35. The Morgan fingerprint density at radius 3 is 2.79 bits per heavy atom. The highest BCUT2D eigenvalue weighted by Gasteiger charge is 2.22. The summed E-state index contributed by atoms with van der Waals surface area (Å²) in [5.41, 5.74) is 7.10. The molecule has 0 heterocycles. The molecule has 1 aliphatic carbocycles. The number of hydrogen-bond acceptors (Lipinski definition) is 2. The number of hydrogen-bond donors (Lipinski definition) is 2. The average Bonchev–Trinajstić information content (AvgIpc) is 2.40. The molecule has 3 heteroatoms. The number of carbonyl (C=O) groups excluding carboxylic acids is 1. The van der Waals surface area contributed by atoms with Crippen molar-refractivity contribution in [2.45, 2.75) is 51.1 Å². The van der Waals surface area contributed by atoms with Gasteiger partial charge in [0.05, 0.1) is 6.04 Å². The van der Waals surface area contributed by atoms with Gasteiger partial charge in [-0.2, -0.15) is 0 Å². The number of rotatable bonds is 4. The van der Waals surface area contributed by atoms with Gasteiger partial charge >= 0.3 is 0 Å². The summed E-state index contributed by atoms with van der Waals surface area (Å²) in [6.07, 6.45) is 5.27. The van der Waals surface area contributed by atoms with Gasteiger partial charge in [0.1, 0.15) is 0 Å². The molecule has 1 aromatic carbocycles. The van der Waals surface area contributed by atoms with Crippen LogP contribution in [-0.2, 0) is 11.2 Å².